The fourth-order valence-electron chi connectivity index (χ4n) is 6.72. The van der Waals surface area contributed by atoms with Crippen molar-refractivity contribution < 1.29 is 34.1 Å². The van der Waals surface area contributed by atoms with Gasteiger partial charge in [0.15, 0.2) is 0 Å². The van der Waals surface area contributed by atoms with E-state index in [1.54, 1.807) is 0 Å². The summed E-state index contributed by atoms with van der Waals surface area (Å²) in [5.74, 6) is -2.28. The van der Waals surface area contributed by atoms with Crippen LogP contribution in [0, 0.1) is 0 Å². The van der Waals surface area contributed by atoms with E-state index in [-0.39, 0.29) is 24.5 Å². The number of rotatable bonds is 40. The summed E-state index contributed by atoms with van der Waals surface area (Å²) in [4.78, 5) is 47.4. The van der Waals surface area contributed by atoms with Crippen LogP contribution in [0.4, 0.5) is 0 Å². The highest BCUT2D eigenvalue weighted by Crippen LogP contribution is 2.19. The molecule has 0 radical (unpaired) electrons. The molecule has 0 saturated heterocycles. The Bertz CT molecular complexity index is 853. The smallest absolute Gasteiger partial charge is 0.328 e. The van der Waals surface area contributed by atoms with Crippen molar-refractivity contribution in [1.29, 1.82) is 0 Å². The van der Waals surface area contributed by atoms with Crippen LogP contribution in [0.2, 0.25) is 0 Å². The number of unbranched alkanes of at least 4 members (excludes halogenated alkanes) is 26. The number of carbonyl (C=O) groups is 4. The second-order valence-corrected chi connectivity index (χ2v) is 15.2. The van der Waals surface area contributed by atoms with E-state index in [1.165, 1.54) is 135 Å². The number of aliphatic carboxylic acids is 1. The minimum atomic E-state index is -1.38. The average molecular weight is 739 g/mol. The lowest BCUT2D eigenvalue weighted by Gasteiger charge is -2.18. The number of carbonyl (C=O) groups excluding carboxylic acids is 3. The quantitative estimate of drug-likeness (QED) is 0.0362. The highest BCUT2D eigenvalue weighted by molar-refractivity contribution is 5.87. The Morgan fingerprint density at radius 2 is 0.865 bits per heavy atom. The fourth-order valence-corrected chi connectivity index (χ4v) is 6.72. The van der Waals surface area contributed by atoms with Crippen molar-refractivity contribution in [3.05, 3.63) is 0 Å². The van der Waals surface area contributed by atoms with Crippen LogP contribution in [-0.4, -0.2) is 59.3 Å². The third kappa shape index (κ3) is 34.9. The molecule has 0 fully saturated rings. The van der Waals surface area contributed by atoms with Crippen LogP contribution in [0.5, 0.6) is 0 Å². The van der Waals surface area contributed by atoms with Crippen molar-refractivity contribution in [2.24, 2.45) is 0 Å². The first-order valence-corrected chi connectivity index (χ1v) is 21.9. The molecule has 9 nitrogen and oxygen atoms in total. The maximum absolute atomic E-state index is 12.7. The summed E-state index contributed by atoms with van der Waals surface area (Å²) in [6, 6.07) is -1.38. The minimum absolute atomic E-state index is 0.00239. The number of carboxylic acid groups (broad SMARTS) is 1. The Kier molecular flexibility index (Phi) is 37.0. The second kappa shape index (κ2) is 38.6. The van der Waals surface area contributed by atoms with Gasteiger partial charge in [-0.05, 0) is 38.5 Å². The summed E-state index contributed by atoms with van der Waals surface area (Å²) in [6.07, 6.45) is 38.5. The summed E-state index contributed by atoms with van der Waals surface area (Å²) >= 11 is 0. The van der Waals surface area contributed by atoms with E-state index in [9.17, 15) is 19.2 Å². The van der Waals surface area contributed by atoms with Crippen LogP contribution in [0.1, 0.15) is 226 Å². The van der Waals surface area contributed by atoms with Gasteiger partial charge in [-0.2, -0.15) is 0 Å². The van der Waals surface area contributed by atoms with Gasteiger partial charge in [0.2, 0.25) is 11.8 Å². The van der Waals surface area contributed by atoms with E-state index >= 15 is 0 Å². The minimum Gasteiger partial charge on any atom is -0.480 e. The fraction of sp³-hybridized carbons (Fsp3) is 0.907. The van der Waals surface area contributed by atoms with E-state index in [0.29, 0.717) is 19.3 Å². The topological polar surface area (TPSA) is 142 Å². The average Bonchev–Trinajstić information content (AvgIpc) is 3.13. The predicted octanol–water partition coefficient (Wildman–Crippen LogP) is 10.5. The molecule has 4 N–H and O–H groups in total. The van der Waals surface area contributed by atoms with Crippen LogP contribution in [0.15, 0.2) is 0 Å². The molecule has 0 heterocycles. The summed E-state index contributed by atoms with van der Waals surface area (Å²) in [5.41, 5.74) is 0. The summed E-state index contributed by atoms with van der Waals surface area (Å²) in [6.45, 7) is 3.49. The molecule has 52 heavy (non-hydrogen) atoms. The van der Waals surface area contributed by atoms with E-state index in [4.69, 9.17) is 14.9 Å². The molecule has 0 saturated carbocycles. The number of aliphatic hydroxyl groups excluding tert-OH is 1. The summed E-state index contributed by atoms with van der Waals surface area (Å²) < 4.78 is 6.00. The van der Waals surface area contributed by atoms with Gasteiger partial charge in [-0.3, -0.25) is 14.4 Å². The first kappa shape index (κ1) is 49.8. The molecular weight excluding hydrogens is 656 g/mol. The van der Waals surface area contributed by atoms with Gasteiger partial charge in [0.25, 0.3) is 0 Å². The van der Waals surface area contributed by atoms with Crippen molar-refractivity contribution in [2.45, 2.75) is 238 Å². The molecule has 2 atom stereocenters. The molecular formula is C43H82N2O7. The van der Waals surface area contributed by atoms with Crippen LogP contribution in [0.25, 0.3) is 0 Å². The van der Waals surface area contributed by atoms with Crippen molar-refractivity contribution in [3.63, 3.8) is 0 Å². The molecule has 0 aliphatic rings. The zero-order valence-corrected chi connectivity index (χ0v) is 33.8. The van der Waals surface area contributed by atoms with Gasteiger partial charge >= 0.3 is 11.9 Å². The normalized spacial score (nSPS) is 12.4. The Hall–Kier alpha value is -2.16. The zero-order chi connectivity index (χ0) is 38.3. The molecule has 306 valence electrons. The summed E-state index contributed by atoms with van der Waals surface area (Å²) in [5, 5.41) is 22.5. The molecule has 0 bridgehead atoms. The molecule has 9 heteroatoms. The first-order valence-electron chi connectivity index (χ1n) is 21.9. The van der Waals surface area contributed by atoms with E-state index < -0.39 is 24.5 Å². The molecule has 0 aliphatic heterocycles. The van der Waals surface area contributed by atoms with Gasteiger partial charge in [0.05, 0.1) is 13.2 Å². The maximum atomic E-state index is 12.7. The Morgan fingerprint density at radius 1 is 0.500 bits per heavy atom. The molecule has 0 aromatic heterocycles. The van der Waals surface area contributed by atoms with Crippen LogP contribution in [-0.2, 0) is 23.9 Å². The van der Waals surface area contributed by atoms with Gasteiger partial charge in [-0.1, -0.05) is 174 Å². The number of amides is 2. The molecule has 0 aromatic rings. The number of ether oxygens (including phenoxy) is 1. The van der Waals surface area contributed by atoms with Gasteiger partial charge in [-0.15, -0.1) is 0 Å². The number of aliphatic hydroxyl groups is 1. The number of carboxylic acids is 1. The summed E-state index contributed by atoms with van der Waals surface area (Å²) in [7, 11) is 0. The highest BCUT2D eigenvalue weighted by Gasteiger charge is 2.19. The largest absolute Gasteiger partial charge is 0.480 e. The van der Waals surface area contributed by atoms with E-state index in [0.717, 1.165) is 57.8 Å². The van der Waals surface area contributed by atoms with E-state index in [2.05, 4.69) is 24.5 Å². The van der Waals surface area contributed by atoms with Gasteiger partial charge in [0, 0.05) is 12.8 Å². The second-order valence-electron chi connectivity index (χ2n) is 15.2. The van der Waals surface area contributed by atoms with E-state index in [1.807, 2.05) is 0 Å². The van der Waals surface area contributed by atoms with Crippen molar-refractivity contribution in [3.8, 4) is 0 Å². The number of nitrogens with one attached hydrogen (secondary N) is 2. The molecule has 2 unspecified atom stereocenters. The monoisotopic (exact) mass is 739 g/mol. The Balaban J connectivity index is 4.09. The lowest BCUT2D eigenvalue weighted by atomic mass is 10.0. The Labute approximate surface area is 319 Å². The standard InChI is InChI=1S/C43H82N2O7/c1-3-5-7-9-11-12-13-14-15-16-17-18-19-20-22-27-31-35-42(49)52-38(32-28-24-21-10-8-6-4-2)33-29-25-23-26-30-34-40(47)44-36-41(48)45-39(37-46)43(50)51/h38-39,46H,3-37H2,1-2H3,(H,44,47)(H,45,48)(H,50,51). The van der Waals surface area contributed by atoms with Crippen LogP contribution >= 0.6 is 0 Å². The van der Waals surface area contributed by atoms with Gasteiger partial charge < -0.3 is 25.6 Å². The zero-order valence-electron chi connectivity index (χ0n) is 33.8. The van der Waals surface area contributed by atoms with Gasteiger partial charge in [0.1, 0.15) is 12.1 Å². The van der Waals surface area contributed by atoms with Crippen molar-refractivity contribution >= 4 is 23.8 Å². The van der Waals surface area contributed by atoms with Crippen LogP contribution < -0.4 is 10.6 Å². The first-order chi connectivity index (χ1) is 25.3. The highest BCUT2D eigenvalue weighted by atomic mass is 16.5. The van der Waals surface area contributed by atoms with Crippen molar-refractivity contribution in [1.82, 2.24) is 10.6 Å². The number of esters is 1. The third-order valence-electron chi connectivity index (χ3n) is 10.1. The predicted molar refractivity (Wildman–Crippen MR) is 213 cm³/mol. The molecule has 0 aromatic carbocycles. The lowest BCUT2D eigenvalue weighted by Crippen LogP contribution is -2.47. The SMILES string of the molecule is CCCCCCCCCCCCCCCCCCCC(=O)OC(CCCCCCCCC)CCCCCCCC(=O)NCC(=O)NC(CO)C(=O)O. The molecule has 2 amide bonds. The molecule has 0 spiro atoms. The van der Waals surface area contributed by atoms with Crippen LogP contribution in [0.3, 0.4) is 0 Å². The number of hydrogen-bond acceptors (Lipinski definition) is 6. The number of hydrogen-bond donors (Lipinski definition) is 4. The molecule has 0 aliphatic carbocycles. The Morgan fingerprint density at radius 3 is 1.25 bits per heavy atom. The van der Waals surface area contributed by atoms with Crippen molar-refractivity contribution in [2.75, 3.05) is 13.2 Å². The molecule has 0 rings (SSSR count). The lowest BCUT2D eigenvalue weighted by molar-refractivity contribution is -0.150. The maximum Gasteiger partial charge on any atom is 0.328 e. The van der Waals surface area contributed by atoms with Gasteiger partial charge in [-0.25, -0.2) is 4.79 Å². The third-order valence-corrected chi connectivity index (χ3v) is 10.1.